The summed E-state index contributed by atoms with van der Waals surface area (Å²) in [5.74, 6) is 1.93. The molecule has 3 nitrogen and oxygen atoms in total. The number of piperidine rings is 1. The molecule has 0 unspecified atom stereocenters. The zero-order valence-corrected chi connectivity index (χ0v) is 16.5. The van der Waals surface area contributed by atoms with Gasteiger partial charge in [-0.15, -0.1) is 24.0 Å². The van der Waals surface area contributed by atoms with Crippen molar-refractivity contribution in [2.45, 2.75) is 29.1 Å². The molecule has 0 aromatic heterocycles. The normalized spacial score (nSPS) is 16.3. The van der Waals surface area contributed by atoms with E-state index in [9.17, 15) is 4.79 Å². The molecule has 1 fully saturated rings. The number of fused-ring (bicyclic) bond motifs is 2. The number of halogens is 1. The van der Waals surface area contributed by atoms with Crippen molar-refractivity contribution in [1.29, 1.82) is 0 Å². The second-order valence-electron chi connectivity index (χ2n) is 6.07. The predicted octanol–water partition coefficient (Wildman–Crippen LogP) is 5.23. The number of carbonyl (C=O) groups is 1. The minimum atomic E-state index is 0. The summed E-state index contributed by atoms with van der Waals surface area (Å²) in [4.78, 5) is 16.9. The van der Waals surface area contributed by atoms with Crippen molar-refractivity contribution in [1.82, 2.24) is 4.90 Å². The Bertz CT molecular complexity index is 744. The Kier molecular flexibility index (Phi) is 5.84. The van der Waals surface area contributed by atoms with E-state index in [0.29, 0.717) is 6.54 Å². The summed E-state index contributed by atoms with van der Waals surface area (Å²) in [5.41, 5.74) is 0.782. The number of ether oxygens (including phenoxy) is 1. The lowest BCUT2D eigenvalue weighted by atomic mass is 10.1. The molecule has 0 atom stereocenters. The van der Waals surface area contributed by atoms with E-state index in [2.05, 4.69) is 4.90 Å². The Labute approximate surface area is 163 Å². The largest absolute Gasteiger partial charge is 0.455 e. The van der Waals surface area contributed by atoms with Gasteiger partial charge in [0.05, 0.1) is 16.3 Å². The van der Waals surface area contributed by atoms with Gasteiger partial charge in [0.2, 0.25) is 0 Å². The van der Waals surface area contributed by atoms with Crippen LogP contribution in [0.25, 0.3) is 0 Å². The SMILES string of the molecule is I.O=C(CN1CCCCC1)c1ccc2c(c1)Sc1ccccc1O2. The van der Waals surface area contributed by atoms with E-state index in [4.69, 9.17) is 4.74 Å². The van der Waals surface area contributed by atoms with E-state index in [1.54, 1.807) is 11.8 Å². The molecule has 2 aliphatic rings. The van der Waals surface area contributed by atoms with Gasteiger partial charge in [0.25, 0.3) is 0 Å². The van der Waals surface area contributed by atoms with Crippen molar-refractivity contribution in [2.24, 2.45) is 0 Å². The summed E-state index contributed by atoms with van der Waals surface area (Å²) in [6.07, 6.45) is 3.70. The fourth-order valence-corrected chi connectivity index (χ4v) is 4.10. The second-order valence-corrected chi connectivity index (χ2v) is 7.16. The van der Waals surface area contributed by atoms with Gasteiger partial charge in [-0.2, -0.15) is 0 Å². The first-order chi connectivity index (χ1) is 11.3. The average Bonchev–Trinajstić information content (AvgIpc) is 2.60. The molecule has 0 bridgehead atoms. The molecule has 2 aromatic carbocycles. The van der Waals surface area contributed by atoms with Crippen LogP contribution in [0.15, 0.2) is 52.3 Å². The van der Waals surface area contributed by atoms with Crippen molar-refractivity contribution < 1.29 is 9.53 Å². The average molecular weight is 453 g/mol. The zero-order chi connectivity index (χ0) is 15.6. The summed E-state index contributed by atoms with van der Waals surface area (Å²) in [6, 6.07) is 13.8. The highest BCUT2D eigenvalue weighted by Crippen LogP contribution is 2.46. The van der Waals surface area contributed by atoms with E-state index < -0.39 is 0 Å². The Morgan fingerprint density at radius 3 is 2.58 bits per heavy atom. The smallest absolute Gasteiger partial charge is 0.176 e. The van der Waals surface area contributed by atoms with Crippen LogP contribution in [0.5, 0.6) is 11.5 Å². The van der Waals surface area contributed by atoms with Crippen molar-refractivity contribution in [3.63, 3.8) is 0 Å². The molecular formula is C19H20INO2S. The predicted molar refractivity (Wildman–Crippen MR) is 107 cm³/mol. The highest BCUT2D eigenvalue weighted by Gasteiger charge is 2.20. The number of para-hydroxylation sites is 1. The molecule has 2 aliphatic heterocycles. The van der Waals surface area contributed by atoms with E-state index >= 15 is 0 Å². The highest BCUT2D eigenvalue weighted by molar-refractivity contribution is 14.0. The number of hydrogen-bond acceptors (Lipinski definition) is 4. The lowest BCUT2D eigenvalue weighted by Gasteiger charge is -2.25. The lowest BCUT2D eigenvalue weighted by Crippen LogP contribution is -2.34. The monoisotopic (exact) mass is 453 g/mol. The third kappa shape index (κ3) is 3.78. The van der Waals surface area contributed by atoms with Gasteiger partial charge in [-0.3, -0.25) is 9.69 Å². The quantitative estimate of drug-likeness (QED) is 0.401. The van der Waals surface area contributed by atoms with Gasteiger partial charge in [0.15, 0.2) is 5.78 Å². The maximum Gasteiger partial charge on any atom is 0.176 e. The molecule has 126 valence electrons. The minimum Gasteiger partial charge on any atom is -0.455 e. The standard InChI is InChI=1S/C19H19NO2S.HI/c21-15(13-20-10-4-1-5-11-20)14-8-9-17-19(12-14)23-18-7-3-2-6-16(18)22-17;/h2-3,6-9,12H,1,4-5,10-11,13H2;1H. The van der Waals surface area contributed by atoms with Crippen LogP contribution >= 0.6 is 35.7 Å². The number of nitrogens with zero attached hydrogens (tertiary/aromatic N) is 1. The maximum atomic E-state index is 12.6. The number of carbonyl (C=O) groups excluding carboxylic acids is 1. The van der Waals surface area contributed by atoms with Crippen LogP contribution < -0.4 is 4.74 Å². The Balaban J connectivity index is 0.00000169. The van der Waals surface area contributed by atoms with Crippen LogP contribution in [0.3, 0.4) is 0 Å². The van der Waals surface area contributed by atoms with E-state index in [1.165, 1.54) is 19.3 Å². The van der Waals surface area contributed by atoms with Crippen LogP contribution in [0.4, 0.5) is 0 Å². The summed E-state index contributed by atoms with van der Waals surface area (Å²) in [5, 5.41) is 0. The first-order valence-corrected chi connectivity index (χ1v) is 8.95. The Morgan fingerprint density at radius 1 is 1.00 bits per heavy atom. The van der Waals surface area contributed by atoms with Crippen LogP contribution in [0.2, 0.25) is 0 Å². The number of likely N-dealkylation sites (tertiary alicyclic amines) is 1. The molecule has 24 heavy (non-hydrogen) atoms. The Morgan fingerprint density at radius 2 is 1.75 bits per heavy atom. The molecule has 0 spiro atoms. The molecule has 0 radical (unpaired) electrons. The van der Waals surface area contributed by atoms with Gasteiger partial charge in [-0.1, -0.05) is 30.3 Å². The van der Waals surface area contributed by atoms with Gasteiger partial charge in [-0.05, 0) is 56.3 Å². The highest BCUT2D eigenvalue weighted by atomic mass is 127. The molecule has 0 amide bonds. The number of rotatable bonds is 3. The van der Waals surface area contributed by atoms with Crippen LogP contribution in [0, 0.1) is 0 Å². The van der Waals surface area contributed by atoms with Gasteiger partial charge in [0, 0.05) is 5.56 Å². The molecule has 0 N–H and O–H groups in total. The van der Waals surface area contributed by atoms with Gasteiger partial charge in [-0.25, -0.2) is 0 Å². The van der Waals surface area contributed by atoms with Crippen LogP contribution in [-0.4, -0.2) is 30.3 Å². The molecule has 5 heteroatoms. The molecule has 0 aliphatic carbocycles. The number of ketones is 1. The summed E-state index contributed by atoms with van der Waals surface area (Å²) >= 11 is 1.67. The van der Waals surface area contributed by atoms with E-state index in [0.717, 1.165) is 39.9 Å². The van der Waals surface area contributed by atoms with Crippen molar-refractivity contribution >= 4 is 41.5 Å². The molecule has 2 aromatic rings. The third-order valence-corrected chi connectivity index (χ3v) is 5.47. The fraction of sp³-hybridized carbons (Fsp3) is 0.316. The molecular weight excluding hydrogens is 433 g/mol. The summed E-state index contributed by atoms with van der Waals surface area (Å²) in [7, 11) is 0. The number of Topliss-reactive ketones (excluding diaryl/α,β-unsaturated/α-hetero) is 1. The zero-order valence-electron chi connectivity index (χ0n) is 13.4. The van der Waals surface area contributed by atoms with Crippen molar-refractivity contribution in [2.75, 3.05) is 19.6 Å². The first kappa shape index (κ1) is 17.8. The fourth-order valence-electron chi connectivity index (χ4n) is 3.11. The van der Waals surface area contributed by atoms with Gasteiger partial charge in [0.1, 0.15) is 11.5 Å². The number of benzene rings is 2. The maximum absolute atomic E-state index is 12.6. The van der Waals surface area contributed by atoms with Crippen LogP contribution in [-0.2, 0) is 0 Å². The van der Waals surface area contributed by atoms with Crippen molar-refractivity contribution in [3.05, 3.63) is 48.0 Å². The van der Waals surface area contributed by atoms with Gasteiger partial charge >= 0.3 is 0 Å². The van der Waals surface area contributed by atoms with Crippen molar-refractivity contribution in [3.8, 4) is 11.5 Å². The molecule has 2 heterocycles. The molecule has 1 saturated heterocycles. The first-order valence-electron chi connectivity index (χ1n) is 8.14. The van der Waals surface area contributed by atoms with E-state index in [1.807, 2.05) is 42.5 Å². The molecule has 4 rings (SSSR count). The number of hydrogen-bond donors (Lipinski definition) is 0. The van der Waals surface area contributed by atoms with Crippen LogP contribution in [0.1, 0.15) is 29.6 Å². The summed E-state index contributed by atoms with van der Waals surface area (Å²) < 4.78 is 5.92. The summed E-state index contributed by atoms with van der Waals surface area (Å²) in [6.45, 7) is 2.62. The second kappa shape index (κ2) is 7.89. The Hall–Kier alpha value is -1.05. The lowest BCUT2D eigenvalue weighted by molar-refractivity contribution is 0.0915. The minimum absolute atomic E-state index is 0. The van der Waals surface area contributed by atoms with Gasteiger partial charge < -0.3 is 4.74 Å². The third-order valence-electron chi connectivity index (χ3n) is 4.37. The topological polar surface area (TPSA) is 29.5 Å². The van der Waals surface area contributed by atoms with E-state index in [-0.39, 0.29) is 29.8 Å². The molecule has 0 saturated carbocycles.